The van der Waals surface area contributed by atoms with Crippen molar-refractivity contribution in [2.75, 3.05) is 0 Å². The lowest BCUT2D eigenvalue weighted by Crippen LogP contribution is -2.43. The smallest absolute Gasteiger partial charge is 0.251 e. The van der Waals surface area contributed by atoms with Crippen molar-refractivity contribution in [3.05, 3.63) is 33.8 Å². The van der Waals surface area contributed by atoms with Crippen LogP contribution in [0.25, 0.3) is 0 Å². The Hall–Kier alpha value is -0.830. The van der Waals surface area contributed by atoms with Crippen molar-refractivity contribution in [1.29, 1.82) is 0 Å². The molecule has 1 amide bonds. The van der Waals surface area contributed by atoms with Crippen LogP contribution in [-0.4, -0.2) is 11.9 Å². The van der Waals surface area contributed by atoms with Crippen LogP contribution in [-0.2, 0) is 0 Å². The van der Waals surface area contributed by atoms with Gasteiger partial charge in [0.2, 0.25) is 0 Å². The normalized spacial score (nSPS) is 23.7. The summed E-state index contributed by atoms with van der Waals surface area (Å²) in [6.07, 6.45) is 2.22. The van der Waals surface area contributed by atoms with Crippen molar-refractivity contribution >= 4 is 21.8 Å². The van der Waals surface area contributed by atoms with E-state index in [0.29, 0.717) is 6.04 Å². The number of nitrogens with one attached hydrogen (secondary N) is 1. The molecule has 1 aromatic rings. The van der Waals surface area contributed by atoms with Crippen molar-refractivity contribution in [3.8, 4) is 0 Å². The molecule has 0 heterocycles. The van der Waals surface area contributed by atoms with Crippen LogP contribution in [0.5, 0.6) is 0 Å². The molecule has 0 saturated heterocycles. The number of hydrogen-bond donors (Lipinski definition) is 1. The van der Waals surface area contributed by atoms with Gasteiger partial charge in [-0.3, -0.25) is 4.79 Å². The molecule has 1 aromatic carbocycles. The Labute approximate surface area is 105 Å². The van der Waals surface area contributed by atoms with Gasteiger partial charge in [-0.2, -0.15) is 0 Å². The second kappa shape index (κ2) is 4.58. The summed E-state index contributed by atoms with van der Waals surface area (Å²) in [6.45, 7) is 4.21. The molecule has 1 aliphatic carbocycles. The molecule has 1 fully saturated rings. The number of carbonyl (C=O) groups is 1. The minimum absolute atomic E-state index is 0.0429. The first-order chi connectivity index (χ1) is 7.54. The van der Waals surface area contributed by atoms with E-state index in [1.54, 1.807) is 0 Å². The topological polar surface area (TPSA) is 29.1 Å². The fourth-order valence-electron chi connectivity index (χ4n) is 2.16. The van der Waals surface area contributed by atoms with Gasteiger partial charge in [0, 0.05) is 16.1 Å². The summed E-state index contributed by atoms with van der Waals surface area (Å²) in [5, 5.41) is 3.06. The molecule has 1 aliphatic rings. The Balaban J connectivity index is 2.03. The number of amides is 1. The maximum Gasteiger partial charge on any atom is 0.251 e. The SMILES string of the molecule is Cc1cc(Br)cc(C(=O)NC2CC(C)C2)c1. The van der Waals surface area contributed by atoms with Gasteiger partial charge in [0.05, 0.1) is 0 Å². The van der Waals surface area contributed by atoms with E-state index in [-0.39, 0.29) is 5.91 Å². The minimum Gasteiger partial charge on any atom is -0.349 e. The average molecular weight is 282 g/mol. The minimum atomic E-state index is 0.0429. The highest BCUT2D eigenvalue weighted by atomic mass is 79.9. The van der Waals surface area contributed by atoms with Crippen LogP contribution in [0.1, 0.15) is 35.7 Å². The molecule has 0 aliphatic heterocycles. The summed E-state index contributed by atoms with van der Waals surface area (Å²) in [6, 6.07) is 6.16. The van der Waals surface area contributed by atoms with Gasteiger partial charge in [-0.25, -0.2) is 0 Å². The fraction of sp³-hybridized carbons (Fsp3) is 0.462. The van der Waals surface area contributed by atoms with Crippen LogP contribution < -0.4 is 5.32 Å². The van der Waals surface area contributed by atoms with E-state index in [9.17, 15) is 4.79 Å². The molecule has 1 saturated carbocycles. The molecule has 2 nitrogen and oxygen atoms in total. The van der Waals surface area contributed by atoms with E-state index < -0.39 is 0 Å². The Kier molecular flexibility index (Phi) is 3.33. The predicted molar refractivity (Wildman–Crippen MR) is 68.5 cm³/mol. The molecule has 16 heavy (non-hydrogen) atoms. The molecule has 86 valence electrons. The zero-order valence-electron chi connectivity index (χ0n) is 9.59. The van der Waals surface area contributed by atoms with Crippen molar-refractivity contribution in [1.82, 2.24) is 5.32 Å². The Morgan fingerprint density at radius 3 is 2.62 bits per heavy atom. The largest absolute Gasteiger partial charge is 0.349 e. The first-order valence-corrected chi connectivity index (χ1v) is 6.42. The van der Waals surface area contributed by atoms with Crippen molar-refractivity contribution in [2.24, 2.45) is 5.92 Å². The summed E-state index contributed by atoms with van der Waals surface area (Å²) < 4.78 is 0.958. The zero-order chi connectivity index (χ0) is 11.7. The highest BCUT2D eigenvalue weighted by Gasteiger charge is 2.26. The molecule has 0 bridgehead atoms. The number of rotatable bonds is 2. The first kappa shape index (κ1) is 11.6. The molecule has 3 heteroatoms. The van der Waals surface area contributed by atoms with Crippen molar-refractivity contribution in [2.45, 2.75) is 32.7 Å². The lowest BCUT2D eigenvalue weighted by atomic mass is 9.82. The predicted octanol–water partition coefficient (Wildman–Crippen LogP) is 3.29. The van der Waals surface area contributed by atoms with Gasteiger partial charge in [0.15, 0.2) is 0 Å². The molecule has 2 rings (SSSR count). The van der Waals surface area contributed by atoms with Crippen molar-refractivity contribution in [3.63, 3.8) is 0 Å². The monoisotopic (exact) mass is 281 g/mol. The van der Waals surface area contributed by atoms with E-state index in [1.807, 2.05) is 25.1 Å². The zero-order valence-corrected chi connectivity index (χ0v) is 11.2. The lowest BCUT2D eigenvalue weighted by molar-refractivity contribution is 0.0896. The number of carbonyl (C=O) groups excluding carboxylic acids is 1. The van der Waals surface area contributed by atoms with Crippen molar-refractivity contribution < 1.29 is 4.79 Å². The Bertz CT molecular complexity index is 390. The van der Waals surface area contributed by atoms with Crippen LogP contribution in [0.15, 0.2) is 22.7 Å². The lowest BCUT2D eigenvalue weighted by Gasteiger charge is -2.33. The van der Waals surface area contributed by atoms with Gasteiger partial charge in [-0.15, -0.1) is 0 Å². The van der Waals surface area contributed by atoms with Gasteiger partial charge in [-0.1, -0.05) is 22.9 Å². The van der Waals surface area contributed by atoms with Gasteiger partial charge < -0.3 is 5.32 Å². The Morgan fingerprint density at radius 2 is 2.06 bits per heavy atom. The molecule has 0 spiro atoms. The first-order valence-electron chi connectivity index (χ1n) is 5.62. The van der Waals surface area contributed by atoms with Crippen LogP contribution >= 0.6 is 15.9 Å². The molecule has 0 unspecified atom stereocenters. The molecule has 0 atom stereocenters. The Morgan fingerprint density at radius 1 is 1.38 bits per heavy atom. The summed E-state index contributed by atoms with van der Waals surface area (Å²) in [5.41, 5.74) is 1.84. The van der Waals surface area contributed by atoms with Crippen LogP contribution in [0.2, 0.25) is 0 Å². The van der Waals surface area contributed by atoms with Crippen LogP contribution in [0, 0.1) is 12.8 Å². The second-order valence-electron chi connectivity index (χ2n) is 4.76. The summed E-state index contributed by atoms with van der Waals surface area (Å²) in [4.78, 5) is 11.9. The van der Waals surface area contributed by atoms with E-state index in [1.165, 1.54) is 0 Å². The average Bonchev–Trinajstić information content (AvgIpc) is 2.13. The highest BCUT2D eigenvalue weighted by Crippen LogP contribution is 2.26. The van der Waals surface area contributed by atoms with Gasteiger partial charge >= 0.3 is 0 Å². The third kappa shape index (κ3) is 2.64. The van der Waals surface area contributed by atoms with E-state index in [0.717, 1.165) is 34.4 Å². The summed E-state index contributed by atoms with van der Waals surface area (Å²) >= 11 is 3.41. The molecule has 1 N–H and O–H groups in total. The number of hydrogen-bond acceptors (Lipinski definition) is 1. The van der Waals surface area contributed by atoms with E-state index in [2.05, 4.69) is 28.2 Å². The summed E-state index contributed by atoms with van der Waals surface area (Å²) in [5.74, 6) is 0.802. The third-order valence-electron chi connectivity index (χ3n) is 3.01. The molecular weight excluding hydrogens is 266 g/mol. The molecular formula is C13H16BrNO. The van der Waals surface area contributed by atoms with Crippen LogP contribution in [0.4, 0.5) is 0 Å². The number of aryl methyl sites for hydroxylation is 1. The number of benzene rings is 1. The van der Waals surface area contributed by atoms with E-state index >= 15 is 0 Å². The summed E-state index contributed by atoms with van der Waals surface area (Å²) in [7, 11) is 0. The number of halogens is 1. The van der Waals surface area contributed by atoms with Crippen LogP contribution in [0.3, 0.4) is 0 Å². The maximum absolute atomic E-state index is 11.9. The highest BCUT2D eigenvalue weighted by molar-refractivity contribution is 9.10. The van der Waals surface area contributed by atoms with Gasteiger partial charge in [0.25, 0.3) is 5.91 Å². The van der Waals surface area contributed by atoms with Gasteiger partial charge in [-0.05, 0) is 49.4 Å². The quantitative estimate of drug-likeness (QED) is 0.886. The van der Waals surface area contributed by atoms with Gasteiger partial charge in [0.1, 0.15) is 0 Å². The third-order valence-corrected chi connectivity index (χ3v) is 3.47. The molecule has 0 aromatic heterocycles. The fourth-order valence-corrected chi connectivity index (χ4v) is 2.76. The standard InChI is InChI=1S/C13H16BrNO/c1-8-3-10(7-11(14)4-8)13(16)15-12-5-9(2)6-12/h3-4,7,9,12H,5-6H2,1-2H3,(H,15,16). The second-order valence-corrected chi connectivity index (χ2v) is 5.68. The molecule has 0 radical (unpaired) electrons. The maximum atomic E-state index is 11.9. The van der Waals surface area contributed by atoms with E-state index in [4.69, 9.17) is 0 Å².